The van der Waals surface area contributed by atoms with Gasteiger partial charge < -0.3 is 4.42 Å². The van der Waals surface area contributed by atoms with Gasteiger partial charge in [0.05, 0.1) is 11.1 Å². The van der Waals surface area contributed by atoms with Crippen LogP contribution in [0.15, 0.2) is 83.4 Å². The fraction of sp³-hybridized carbons (Fsp3) is 0.0417. The highest BCUT2D eigenvalue weighted by Crippen LogP contribution is 2.37. The molecule has 0 N–H and O–H groups in total. The van der Waals surface area contributed by atoms with E-state index in [0.717, 1.165) is 5.56 Å². The van der Waals surface area contributed by atoms with Crippen molar-refractivity contribution in [2.75, 3.05) is 0 Å². The maximum Gasteiger partial charge on any atom is 0.147 e. The molecule has 5 rings (SSSR count). The van der Waals surface area contributed by atoms with Gasteiger partial charge in [-0.1, -0.05) is 48.5 Å². The second-order valence-corrected chi connectivity index (χ2v) is 6.38. The Morgan fingerprint density at radius 3 is 2.59 bits per heavy atom. The highest BCUT2D eigenvalue weighted by atomic mass is 19.1. The van der Waals surface area contributed by atoms with Crippen LogP contribution in [-0.4, -0.2) is 4.98 Å². The highest BCUT2D eigenvalue weighted by molar-refractivity contribution is 6.09. The molecule has 27 heavy (non-hydrogen) atoms. The number of furan rings is 1. The zero-order valence-corrected chi connectivity index (χ0v) is 14.2. The van der Waals surface area contributed by atoms with Crippen LogP contribution in [0.25, 0.3) is 44.3 Å². The van der Waals surface area contributed by atoms with E-state index in [1.807, 2.05) is 48.5 Å². The van der Waals surface area contributed by atoms with Gasteiger partial charge in [-0.3, -0.25) is 4.98 Å². The van der Waals surface area contributed by atoms with Crippen LogP contribution in [0.2, 0.25) is 0 Å². The molecule has 3 aromatic carbocycles. The van der Waals surface area contributed by atoms with E-state index < -0.39 is 6.85 Å². The molecule has 0 fully saturated rings. The molecule has 0 amide bonds. The van der Waals surface area contributed by atoms with Crippen molar-refractivity contribution in [2.24, 2.45) is 0 Å². The van der Waals surface area contributed by atoms with Crippen LogP contribution >= 0.6 is 0 Å². The molecular weight excluding hydrogens is 337 g/mol. The van der Waals surface area contributed by atoms with E-state index in [-0.39, 0.29) is 11.4 Å². The van der Waals surface area contributed by atoms with Gasteiger partial charge in [0.2, 0.25) is 0 Å². The Kier molecular flexibility index (Phi) is 2.88. The molecule has 130 valence electrons. The van der Waals surface area contributed by atoms with E-state index in [9.17, 15) is 4.39 Å². The molecule has 0 saturated carbocycles. The van der Waals surface area contributed by atoms with E-state index in [1.54, 1.807) is 18.2 Å². The van der Waals surface area contributed by atoms with Gasteiger partial charge in [-0.15, -0.1) is 0 Å². The number of nitrogens with zero attached hydrogens (tertiary/aromatic N) is 1. The Morgan fingerprint density at radius 2 is 1.74 bits per heavy atom. The molecule has 0 aliphatic rings. The summed E-state index contributed by atoms with van der Waals surface area (Å²) >= 11 is 0. The Hall–Kier alpha value is -3.46. The lowest BCUT2D eigenvalue weighted by atomic mass is 9.99. The standard InChI is InChI=1S/C24H16FNO/c1-15-14-26-21(13-19(15)16-7-3-2-4-8-16)17-11-12-20(25)23-18-9-5-6-10-22(18)27-24(17)23/h2-14H,1H3/i1D3. The summed E-state index contributed by atoms with van der Waals surface area (Å²) in [6, 6.07) is 21.3. The highest BCUT2D eigenvalue weighted by Gasteiger charge is 2.17. The number of fused-ring (bicyclic) bond motifs is 3. The molecule has 0 aliphatic carbocycles. The Morgan fingerprint density at radius 1 is 0.926 bits per heavy atom. The third kappa shape index (κ3) is 2.51. The minimum atomic E-state index is -2.31. The average molecular weight is 356 g/mol. The van der Waals surface area contributed by atoms with Crippen molar-refractivity contribution in [1.29, 1.82) is 0 Å². The minimum Gasteiger partial charge on any atom is -0.455 e. The zero-order valence-electron chi connectivity index (χ0n) is 17.2. The van der Waals surface area contributed by atoms with E-state index >= 15 is 0 Å². The summed E-state index contributed by atoms with van der Waals surface area (Å²) in [6.07, 6.45) is 1.38. The summed E-state index contributed by atoms with van der Waals surface area (Å²) in [7, 11) is 0. The molecule has 0 spiro atoms. The third-order valence-electron chi connectivity index (χ3n) is 4.74. The maximum absolute atomic E-state index is 14.7. The predicted molar refractivity (Wildman–Crippen MR) is 107 cm³/mol. The van der Waals surface area contributed by atoms with E-state index in [1.165, 1.54) is 12.3 Å². The largest absolute Gasteiger partial charge is 0.455 e. The van der Waals surface area contributed by atoms with Gasteiger partial charge in [0.25, 0.3) is 0 Å². The Balaban J connectivity index is 1.80. The quantitative estimate of drug-likeness (QED) is 0.349. The lowest BCUT2D eigenvalue weighted by Gasteiger charge is -2.09. The molecule has 2 aromatic heterocycles. The van der Waals surface area contributed by atoms with Gasteiger partial charge >= 0.3 is 0 Å². The zero-order chi connectivity index (χ0) is 20.9. The lowest BCUT2D eigenvalue weighted by molar-refractivity contribution is 0.634. The third-order valence-corrected chi connectivity index (χ3v) is 4.74. The molecule has 5 aromatic rings. The Labute approximate surface area is 160 Å². The fourth-order valence-corrected chi connectivity index (χ4v) is 3.45. The number of pyridine rings is 1. The molecule has 3 heteroatoms. The minimum absolute atomic E-state index is 0.167. The molecule has 0 aliphatic heterocycles. The van der Waals surface area contributed by atoms with Crippen LogP contribution in [0.1, 0.15) is 9.68 Å². The number of benzene rings is 3. The monoisotopic (exact) mass is 356 g/mol. The first-order valence-electron chi connectivity index (χ1n) is 10.1. The van der Waals surface area contributed by atoms with Crippen LogP contribution in [0.5, 0.6) is 0 Å². The normalized spacial score (nSPS) is 13.4. The second kappa shape index (κ2) is 6.06. The molecule has 2 nitrogen and oxygen atoms in total. The number of aryl methyl sites for hydroxylation is 1. The van der Waals surface area contributed by atoms with Gasteiger partial charge in [-0.25, -0.2) is 4.39 Å². The number of para-hydroxylation sites is 1. The number of hydrogen-bond donors (Lipinski definition) is 0. The fourth-order valence-electron chi connectivity index (χ4n) is 3.45. The van der Waals surface area contributed by atoms with Crippen molar-refractivity contribution in [3.63, 3.8) is 0 Å². The molecular formula is C24H16FNO. The van der Waals surface area contributed by atoms with E-state index in [4.69, 9.17) is 8.53 Å². The van der Waals surface area contributed by atoms with Gasteiger partial charge in [0.15, 0.2) is 0 Å². The van der Waals surface area contributed by atoms with E-state index in [2.05, 4.69) is 4.98 Å². The van der Waals surface area contributed by atoms with Gasteiger partial charge in [-0.2, -0.15) is 0 Å². The second-order valence-electron chi connectivity index (χ2n) is 6.38. The molecule has 0 saturated heterocycles. The average Bonchev–Trinajstić information content (AvgIpc) is 3.14. The number of aromatic nitrogens is 1. The first-order chi connectivity index (χ1) is 14.4. The predicted octanol–water partition coefficient (Wildman–Crippen LogP) is 6.76. The SMILES string of the molecule is [2H]C([2H])([2H])c1cnc(-c2ccc(F)c3c2oc2ccccc23)cc1-c1ccccc1. The van der Waals surface area contributed by atoms with Crippen LogP contribution < -0.4 is 0 Å². The molecule has 2 heterocycles. The van der Waals surface area contributed by atoms with Crippen LogP contribution in [0.4, 0.5) is 4.39 Å². The van der Waals surface area contributed by atoms with Crippen molar-refractivity contribution in [3.05, 3.63) is 90.4 Å². The van der Waals surface area contributed by atoms with Crippen molar-refractivity contribution < 1.29 is 12.9 Å². The number of halogens is 1. The summed E-state index contributed by atoms with van der Waals surface area (Å²) in [5.74, 6) is -0.374. The molecule has 0 radical (unpaired) electrons. The summed E-state index contributed by atoms with van der Waals surface area (Å²) in [5.41, 5.74) is 3.61. The Bertz CT molecular complexity index is 1390. The van der Waals surface area contributed by atoms with Crippen molar-refractivity contribution in [3.8, 4) is 22.4 Å². The van der Waals surface area contributed by atoms with Crippen LogP contribution in [0, 0.1) is 12.7 Å². The van der Waals surface area contributed by atoms with Crippen LogP contribution in [-0.2, 0) is 0 Å². The van der Waals surface area contributed by atoms with Crippen molar-refractivity contribution in [2.45, 2.75) is 6.85 Å². The molecule has 0 atom stereocenters. The van der Waals surface area contributed by atoms with Crippen LogP contribution in [0.3, 0.4) is 0 Å². The smallest absolute Gasteiger partial charge is 0.147 e. The number of hydrogen-bond acceptors (Lipinski definition) is 2. The van der Waals surface area contributed by atoms with Crippen molar-refractivity contribution in [1.82, 2.24) is 4.98 Å². The summed E-state index contributed by atoms with van der Waals surface area (Å²) in [5, 5.41) is 1.08. The molecule has 0 bridgehead atoms. The van der Waals surface area contributed by atoms with Gasteiger partial charge in [0.1, 0.15) is 17.0 Å². The van der Waals surface area contributed by atoms with E-state index in [0.29, 0.717) is 38.8 Å². The maximum atomic E-state index is 14.7. The summed E-state index contributed by atoms with van der Waals surface area (Å²) < 4.78 is 44.3. The first kappa shape index (κ1) is 12.8. The topological polar surface area (TPSA) is 26.0 Å². The lowest BCUT2D eigenvalue weighted by Crippen LogP contribution is -1.91. The summed E-state index contributed by atoms with van der Waals surface area (Å²) in [6.45, 7) is -2.31. The molecule has 0 unspecified atom stereocenters. The summed E-state index contributed by atoms with van der Waals surface area (Å²) in [4.78, 5) is 4.41. The van der Waals surface area contributed by atoms with Crippen molar-refractivity contribution >= 4 is 21.9 Å². The van der Waals surface area contributed by atoms with Gasteiger partial charge in [-0.05, 0) is 47.8 Å². The van der Waals surface area contributed by atoms with Gasteiger partial charge in [0, 0.05) is 21.3 Å². The first-order valence-corrected chi connectivity index (χ1v) is 8.59. The number of rotatable bonds is 2.